The quantitative estimate of drug-likeness (QED) is 0.640. The van der Waals surface area contributed by atoms with Gasteiger partial charge in [-0.3, -0.25) is 0 Å². The van der Waals surface area contributed by atoms with Crippen LogP contribution in [0.1, 0.15) is 11.1 Å². The Morgan fingerprint density at radius 1 is 1.11 bits per heavy atom. The lowest BCUT2D eigenvalue weighted by atomic mass is 10.1. The first-order chi connectivity index (χ1) is 12.7. The van der Waals surface area contributed by atoms with Crippen LogP contribution in [0, 0.1) is 11.7 Å². The Hall–Kier alpha value is -1.86. The summed E-state index contributed by atoms with van der Waals surface area (Å²) in [5, 5.41) is 16.4. The summed E-state index contributed by atoms with van der Waals surface area (Å²) in [5.41, 5.74) is 1.97. The number of ether oxygens (including phenoxy) is 2. The Morgan fingerprint density at radius 2 is 1.85 bits per heavy atom. The van der Waals surface area contributed by atoms with Crippen molar-refractivity contribution in [2.75, 3.05) is 26.7 Å². The van der Waals surface area contributed by atoms with Crippen molar-refractivity contribution >= 4 is 12.4 Å². The van der Waals surface area contributed by atoms with Gasteiger partial charge in [0.15, 0.2) is 11.5 Å². The fraction of sp³-hybridized carbons (Fsp3) is 0.400. The van der Waals surface area contributed by atoms with Crippen molar-refractivity contribution in [2.24, 2.45) is 5.92 Å². The van der Waals surface area contributed by atoms with E-state index < -0.39 is 0 Å². The van der Waals surface area contributed by atoms with Crippen molar-refractivity contribution in [1.29, 1.82) is 0 Å². The highest BCUT2D eigenvalue weighted by Gasteiger charge is 2.24. The summed E-state index contributed by atoms with van der Waals surface area (Å²) in [5.74, 6) is 1.30. The number of aliphatic hydroxyl groups is 1. The molecule has 2 aromatic rings. The minimum Gasteiger partial charge on any atom is -0.493 e. The van der Waals surface area contributed by atoms with Gasteiger partial charge in [0.1, 0.15) is 12.4 Å². The largest absolute Gasteiger partial charge is 0.493 e. The zero-order chi connectivity index (χ0) is 18.4. The summed E-state index contributed by atoms with van der Waals surface area (Å²) in [6.07, 6.45) is -0.278. The molecule has 2 unspecified atom stereocenters. The number of aliphatic hydroxyl groups excluding tert-OH is 1. The molecular weight excluding hydrogens is 371 g/mol. The molecule has 0 saturated carbocycles. The maximum atomic E-state index is 13.0. The minimum absolute atomic E-state index is 0. The average Bonchev–Trinajstić information content (AvgIpc) is 3.06. The topological polar surface area (TPSA) is 62.8 Å². The number of benzene rings is 2. The van der Waals surface area contributed by atoms with Crippen LogP contribution < -0.4 is 20.1 Å². The molecule has 1 aliphatic rings. The lowest BCUT2D eigenvalue weighted by Gasteiger charge is -2.15. The second-order valence-electron chi connectivity index (χ2n) is 6.52. The third-order valence-corrected chi connectivity index (χ3v) is 4.58. The number of rotatable bonds is 8. The zero-order valence-electron chi connectivity index (χ0n) is 15.3. The van der Waals surface area contributed by atoms with Gasteiger partial charge in [0.25, 0.3) is 0 Å². The fourth-order valence-corrected chi connectivity index (χ4v) is 3.01. The number of methoxy groups -OCH3 is 1. The third-order valence-electron chi connectivity index (χ3n) is 4.58. The van der Waals surface area contributed by atoms with Crippen molar-refractivity contribution in [3.8, 4) is 11.5 Å². The van der Waals surface area contributed by atoms with Crippen molar-refractivity contribution in [3.63, 3.8) is 0 Å². The van der Waals surface area contributed by atoms with E-state index in [-0.39, 0.29) is 30.2 Å². The molecule has 7 heteroatoms. The zero-order valence-corrected chi connectivity index (χ0v) is 16.1. The molecule has 0 aliphatic carbocycles. The van der Waals surface area contributed by atoms with Gasteiger partial charge in [-0.15, -0.1) is 12.4 Å². The average molecular weight is 397 g/mol. The van der Waals surface area contributed by atoms with Crippen LogP contribution in [0.4, 0.5) is 4.39 Å². The highest BCUT2D eigenvalue weighted by molar-refractivity contribution is 5.85. The lowest BCUT2D eigenvalue weighted by molar-refractivity contribution is 0.146. The molecule has 0 amide bonds. The maximum Gasteiger partial charge on any atom is 0.161 e. The van der Waals surface area contributed by atoms with E-state index in [1.54, 1.807) is 19.2 Å². The SMILES string of the molecule is COc1cc(CNCC2CNCC2O)ccc1OCc1ccc(F)cc1.Cl. The Bertz CT molecular complexity index is 715. The summed E-state index contributed by atoms with van der Waals surface area (Å²) < 4.78 is 24.2. The maximum absolute atomic E-state index is 13.0. The smallest absolute Gasteiger partial charge is 0.161 e. The van der Waals surface area contributed by atoms with E-state index in [0.29, 0.717) is 31.2 Å². The van der Waals surface area contributed by atoms with Gasteiger partial charge < -0.3 is 25.2 Å². The van der Waals surface area contributed by atoms with Crippen molar-refractivity contribution in [2.45, 2.75) is 19.3 Å². The first-order valence-corrected chi connectivity index (χ1v) is 8.79. The van der Waals surface area contributed by atoms with Crippen LogP contribution in [0.5, 0.6) is 11.5 Å². The molecule has 27 heavy (non-hydrogen) atoms. The van der Waals surface area contributed by atoms with Gasteiger partial charge in [-0.1, -0.05) is 18.2 Å². The minimum atomic E-state index is -0.278. The van der Waals surface area contributed by atoms with Gasteiger partial charge in [0.2, 0.25) is 0 Å². The molecular formula is C20H26ClFN2O3. The highest BCUT2D eigenvalue weighted by Crippen LogP contribution is 2.29. The predicted molar refractivity (Wildman–Crippen MR) is 105 cm³/mol. The standard InChI is InChI=1S/C20H25FN2O3.ClH/c1-25-20-8-15(9-22-10-16-11-23-12-18(16)24)4-7-19(20)26-13-14-2-5-17(21)6-3-14;/h2-8,16,18,22-24H,9-13H2,1H3;1H. The number of hydrogen-bond donors (Lipinski definition) is 3. The summed E-state index contributed by atoms with van der Waals surface area (Å²) in [6, 6.07) is 12.0. The number of hydrogen-bond acceptors (Lipinski definition) is 5. The molecule has 1 aliphatic heterocycles. The van der Waals surface area contributed by atoms with Crippen molar-refractivity contribution in [3.05, 3.63) is 59.4 Å². The fourth-order valence-electron chi connectivity index (χ4n) is 3.01. The first kappa shape index (κ1) is 21.4. The molecule has 0 spiro atoms. The molecule has 1 heterocycles. The van der Waals surface area contributed by atoms with E-state index in [9.17, 15) is 9.50 Å². The summed E-state index contributed by atoms with van der Waals surface area (Å²) in [7, 11) is 1.61. The van der Waals surface area contributed by atoms with Crippen LogP contribution in [-0.2, 0) is 13.2 Å². The van der Waals surface area contributed by atoms with Gasteiger partial charge in [-0.05, 0) is 35.4 Å². The van der Waals surface area contributed by atoms with Gasteiger partial charge in [0.05, 0.1) is 13.2 Å². The Labute approximate surface area is 165 Å². The number of nitrogens with one attached hydrogen (secondary N) is 2. The number of halogens is 2. The third kappa shape index (κ3) is 6.07. The Morgan fingerprint density at radius 3 is 2.52 bits per heavy atom. The van der Waals surface area contributed by atoms with E-state index in [2.05, 4.69) is 10.6 Å². The van der Waals surface area contributed by atoms with Crippen LogP contribution >= 0.6 is 12.4 Å². The van der Waals surface area contributed by atoms with Gasteiger partial charge >= 0.3 is 0 Å². The molecule has 2 aromatic carbocycles. The van der Waals surface area contributed by atoms with Gasteiger partial charge in [-0.2, -0.15) is 0 Å². The monoisotopic (exact) mass is 396 g/mol. The second-order valence-corrected chi connectivity index (χ2v) is 6.52. The first-order valence-electron chi connectivity index (χ1n) is 8.79. The van der Waals surface area contributed by atoms with E-state index in [4.69, 9.17) is 9.47 Å². The molecule has 0 bridgehead atoms. The molecule has 0 aromatic heterocycles. The van der Waals surface area contributed by atoms with Crippen LogP contribution in [0.25, 0.3) is 0 Å². The van der Waals surface area contributed by atoms with Crippen LogP contribution in [0.15, 0.2) is 42.5 Å². The van der Waals surface area contributed by atoms with Crippen LogP contribution in [0.3, 0.4) is 0 Å². The van der Waals surface area contributed by atoms with E-state index in [0.717, 1.165) is 24.2 Å². The molecule has 3 rings (SSSR count). The molecule has 1 saturated heterocycles. The molecule has 1 fully saturated rings. The Balaban J connectivity index is 0.00000261. The van der Waals surface area contributed by atoms with Crippen LogP contribution in [-0.4, -0.2) is 38.0 Å². The van der Waals surface area contributed by atoms with Gasteiger partial charge in [0, 0.05) is 32.1 Å². The molecule has 2 atom stereocenters. The van der Waals surface area contributed by atoms with E-state index >= 15 is 0 Å². The van der Waals surface area contributed by atoms with E-state index in [1.807, 2.05) is 18.2 Å². The van der Waals surface area contributed by atoms with Gasteiger partial charge in [-0.25, -0.2) is 4.39 Å². The lowest BCUT2D eigenvalue weighted by Crippen LogP contribution is -2.30. The summed E-state index contributed by atoms with van der Waals surface area (Å²) in [4.78, 5) is 0. The van der Waals surface area contributed by atoms with E-state index in [1.165, 1.54) is 12.1 Å². The highest BCUT2D eigenvalue weighted by atomic mass is 35.5. The molecule has 148 valence electrons. The molecule has 5 nitrogen and oxygen atoms in total. The summed E-state index contributed by atoms with van der Waals surface area (Å²) >= 11 is 0. The molecule has 0 radical (unpaired) electrons. The predicted octanol–water partition coefficient (Wildman–Crippen LogP) is 2.51. The summed E-state index contributed by atoms with van der Waals surface area (Å²) in [6.45, 7) is 3.31. The van der Waals surface area contributed by atoms with Crippen molar-refractivity contribution < 1.29 is 19.0 Å². The van der Waals surface area contributed by atoms with Crippen LogP contribution in [0.2, 0.25) is 0 Å². The Kier molecular flexibility index (Phi) is 8.31. The normalized spacial score (nSPS) is 18.8. The molecule has 3 N–H and O–H groups in total. The number of β-amino-alcohol motifs (C(OH)–C–C–N with tert-alkyl or cyclic N) is 1. The van der Waals surface area contributed by atoms with Crippen molar-refractivity contribution in [1.82, 2.24) is 10.6 Å². The second kappa shape index (κ2) is 10.5.